The molecule has 0 saturated heterocycles. The molecular formula is C15H12F3NO3. The molecule has 0 amide bonds. The summed E-state index contributed by atoms with van der Waals surface area (Å²) in [6.07, 6.45) is -4.71. The molecule has 0 fully saturated rings. The third-order valence-electron chi connectivity index (χ3n) is 2.68. The van der Waals surface area contributed by atoms with Crippen molar-refractivity contribution in [1.29, 1.82) is 0 Å². The van der Waals surface area contributed by atoms with Gasteiger partial charge in [-0.15, -0.1) is 13.2 Å². The highest BCUT2D eigenvalue weighted by molar-refractivity contribution is 5.89. The number of nitrogens with one attached hydrogen (secondary N) is 1. The first-order chi connectivity index (χ1) is 10.4. The lowest BCUT2D eigenvalue weighted by Crippen LogP contribution is -2.16. The summed E-state index contributed by atoms with van der Waals surface area (Å²) in [5.74, 6) is -0.737. The number of benzene rings is 2. The van der Waals surface area contributed by atoms with Gasteiger partial charge >= 0.3 is 12.3 Å². The second-order valence-electron chi connectivity index (χ2n) is 4.27. The quantitative estimate of drug-likeness (QED) is 0.863. The molecule has 22 heavy (non-hydrogen) atoms. The fourth-order valence-corrected chi connectivity index (χ4v) is 1.71. The summed E-state index contributed by atoms with van der Waals surface area (Å²) < 4.78 is 44.5. The maximum atomic E-state index is 12.0. The molecule has 0 aliphatic carbocycles. The van der Waals surface area contributed by atoms with Crippen molar-refractivity contribution >= 4 is 17.3 Å². The van der Waals surface area contributed by atoms with Crippen molar-refractivity contribution in [3.8, 4) is 5.75 Å². The minimum absolute atomic E-state index is 0.293. The van der Waals surface area contributed by atoms with Gasteiger partial charge in [-0.2, -0.15) is 0 Å². The van der Waals surface area contributed by atoms with Crippen molar-refractivity contribution < 1.29 is 27.4 Å². The van der Waals surface area contributed by atoms with E-state index in [1.807, 2.05) is 0 Å². The second kappa shape index (κ2) is 6.38. The number of anilines is 2. The van der Waals surface area contributed by atoms with E-state index in [4.69, 9.17) is 0 Å². The molecule has 0 aromatic heterocycles. The van der Waals surface area contributed by atoms with E-state index < -0.39 is 12.3 Å². The summed E-state index contributed by atoms with van der Waals surface area (Å²) in [7, 11) is 1.29. The van der Waals surface area contributed by atoms with Gasteiger partial charge in [-0.05, 0) is 48.5 Å². The summed E-state index contributed by atoms with van der Waals surface area (Å²) in [5.41, 5.74) is 1.67. The molecule has 0 unspecified atom stereocenters. The van der Waals surface area contributed by atoms with Crippen LogP contribution < -0.4 is 10.1 Å². The second-order valence-corrected chi connectivity index (χ2v) is 4.27. The third-order valence-corrected chi connectivity index (χ3v) is 2.68. The lowest BCUT2D eigenvalue weighted by Gasteiger charge is -2.10. The van der Waals surface area contributed by atoms with E-state index in [1.165, 1.54) is 31.4 Å². The first-order valence-corrected chi connectivity index (χ1v) is 6.18. The van der Waals surface area contributed by atoms with Crippen molar-refractivity contribution in [3.63, 3.8) is 0 Å². The first-order valence-electron chi connectivity index (χ1n) is 6.18. The van der Waals surface area contributed by atoms with Crippen LogP contribution in [0.1, 0.15) is 10.4 Å². The van der Waals surface area contributed by atoms with E-state index in [1.54, 1.807) is 24.3 Å². The molecule has 4 nitrogen and oxygen atoms in total. The van der Waals surface area contributed by atoms with Crippen molar-refractivity contribution in [1.82, 2.24) is 0 Å². The molecule has 7 heteroatoms. The first kappa shape index (κ1) is 15.7. The predicted molar refractivity (Wildman–Crippen MR) is 74.2 cm³/mol. The van der Waals surface area contributed by atoms with Gasteiger partial charge in [0.05, 0.1) is 12.7 Å². The monoisotopic (exact) mass is 311 g/mol. The van der Waals surface area contributed by atoms with Crippen LogP contribution in [0.3, 0.4) is 0 Å². The van der Waals surface area contributed by atoms with Gasteiger partial charge in [-0.25, -0.2) is 4.79 Å². The highest BCUT2D eigenvalue weighted by Crippen LogP contribution is 2.25. The van der Waals surface area contributed by atoms with Gasteiger partial charge in [0, 0.05) is 11.4 Å². The van der Waals surface area contributed by atoms with E-state index >= 15 is 0 Å². The van der Waals surface area contributed by atoms with Crippen LogP contribution in [-0.4, -0.2) is 19.4 Å². The van der Waals surface area contributed by atoms with E-state index in [-0.39, 0.29) is 5.75 Å². The highest BCUT2D eigenvalue weighted by atomic mass is 19.4. The average molecular weight is 311 g/mol. The van der Waals surface area contributed by atoms with Gasteiger partial charge in [0.2, 0.25) is 0 Å². The Kier molecular flexibility index (Phi) is 4.55. The molecule has 2 rings (SSSR count). The average Bonchev–Trinajstić information content (AvgIpc) is 2.48. The summed E-state index contributed by atoms with van der Waals surface area (Å²) in [6.45, 7) is 0. The number of esters is 1. The summed E-state index contributed by atoms with van der Waals surface area (Å²) in [5, 5.41) is 2.99. The summed E-state index contributed by atoms with van der Waals surface area (Å²) in [6, 6.07) is 11.8. The predicted octanol–water partition coefficient (Wildman–Crippen LogP) is 4.12. The molecule has 0 aliphatic rings. The Bertz CT molecular complexity index is 637. The summed E-state index contributed by atoms with van der Waals surface area (Å²) in [4.78, 5) is 11.3. The number of carbonyl (C=O) groups excluding carboxylic acids is 1. The molecule has 0 spiro atoms. The van der Waals surface area contributed by atoms with E-state index in [9.17, 15) is 18.0 Å². The lowest BCUT2D eigenvalue weighted by molar-refractivity contribution is -0.274. The lowest BCUT2D eigenvalue weighted by atomic mass is 10.2. The van der Waals surface area contributed by atoms with E-state index in [0.717, 1.165) is 0 Å². The van der Waals surface area contributed by atoms with Crippen LogP contribution in [0.4, 0.5) is 24.5 Å². The fourth-order valence-electron chi connectivity index (χ4n) is 1.71. The van der Waals surface area contributed by atoms with Crippen LogP contribution in [0.25, 0.3) is 0 Å². The number of carbonyl (C=O) groups is 1. The molecular weight excluding hydrogens is 299 g/mol. The Balaban J connectivity index is 2.03. The zero-order chi connectivity index (χ0) is 16.2. The molecule has 0 heterocycles. The van der Waals surface area contributed by atoms with E-state index in [0.29, 0.717) is 16.9 Å². The van der Waals surface area contributed by atoms with Crippen molar-refractivity contribution in [2.75, 3.05) is 12.4 Å². The van der Waals surface area contributed by atoms with Gasteiger partial charge in [0.1, 0.15) is 5.75 Å². The highest BCUT2D eigenvalue weighted by Gasteiger charge is 2.30. The molecule has 2 aromatic rings. The Morgan fingerprint density at radius 3 is 1.91 bits per heavy atom. The molecule has 0 aliphatic heterocycles. The number of methoxy groups -OCH3 is 1. The van der Waals surface area contributed by atoms with Crippen LogP contribution in [0.5, 0.6) is 5.75 Å². The van der Waals surface area contributed by atoms with Crippen LogP contribution in [0.2, 0.25) is 0 Å². The Morgan fingerprint density at radius 2 is 1.45 bits per heavy atom. The minimum Gasteiger partial charge on any atom is -0.465 e. The normalized spacial score (nSPS) is 10.9. The molecule has 0 bridgehead atoms. The topological polar surface area (TPSA) is 47.6 Å². The van der Waals surface area contributed by atoms with Gasteiger partial charge in [0.15, 0.2) is 0 Å². The smallest absolute Gasteiger partial charge is 0.465 e. The van der Waals surface area contributed by atoms with Crippen molar-refractivity contribution in [2.45, 2.75) is 6.36 Å². The van der Waals surface area contributed by atoms with Crippen molar-refractivity contribution in [3.05, 3.63) is 54.1 Å². The van der Waals surface area contributed by atoms with E-state index in [2.05, 4.69) is 14.8 Å². The Hall–Kier alpha value is -2.70. The number of hydrogen-bond donors (Lipinski definition) is 1. The van der Waals surface area contributed by atoms with Crippen LogP contribution in [0.15, 0.2) is 48.5 Å². The number of rotatable bonds is 4. The number of halogens is 3. The maximum Gasteiger partial charge on any atom is 0.573 e. The van der Waals surface area contributed by atoms with Crippen LogP contribution in [-0.2, 0) is 4.74 Å². The number of hydrogen-bond acceptors (Lipinski definition) is 4. The molecule has 116 valence electrons. The zero-order valence-corrected chi connectivity index (χ0v) is 11.5. The largest absolute Gasteiger partial charge is 0.573 e. The van der Waals surface area contributed by atoms with Gasteiger partial charge in [-0.1, -0.05) is 0 Å². The van der Waals surface area contributed by atoms with Gasteiger partial charge < -0.3 is 14.8 Å². The maximum absolute atomic E-state index is 12.0. The molecule has 2 aromatic carbocycles. The molecule has 0 radical (unpaired) electrons. The molecule has 1 N–H and O–H groups in total. The Labute approximate surface area is 124 Å². The zero-order valence-electron chi connectivity index (χ0n) is 11.5. The molecule has 0 saturated carbocycles. The van der Waals surface area contributed by atoms with Crippen LogP contribution in [0, 0.1) is 0 Å². The summed E-state index contributed by atoms with van der Waals surface area (Å²) >= 11 is 0. The SMILES string of the molecule is COC(=O)c1ccc(Nc2ccc(OC(F)(F)F)cc2)cc1. The minimum atomic E-state index is -4.71. The van der Waals surface area contributed by atoms with Crippen molar-refractivity contribution in [2.24, 2.45) is 0 Å². The number of ether oxygens (including phenoxy) is 2. The molecule has 0 atom stereocenters. The standard InChI is InChI=1S/C15H12F3NO3/c1-21-14(20)10-2-4-11(5-3-10)19-12-6-8-13(9-7-12)22-15(16,17)18/h2-9,19H,1H3. The van der Waals surface area contributed by atoms with Gasteiger partial charge in [-0.3, -0.25) is 0 Å². The number of alkyl halides is 3. The fraction of sp³-hybridized carbons (Fsp3) is 0.133. The van der Waals surface area contributed by atoms with Crippen LogP contribution >= 0.6 is 0 Å². The third kappa shape index (κ3) is 4.41. The van der Waals surface area contributed by atoms with Gasteiger partial charge in [0.25, 0.3) is 0 Å². The Morgan fingerprint density at radius 1 is 0.955 bits per heavy atom.